The Kier molecular flexibility index (Phi) is 6.78. The number of benzene rings is 1. The summed E-state index contributed by atoms with van der Waals surface area (Å²) in [7, 11) is 6.16. The first-order valence-electron chi connectivity index (χ1n) is 8.50. The monoisotopic (exact) mass is 337 g/mol. The van der Waals surface area contributed by atoms with Gasteiger partial charge < -0.3 is 14.8 Å². The Bertz CT molecular complexity index is 844. The molecule has 4 nitrogen and oxygen atoms in total. The molecule has 0 spiro atoms. The highest BCUT2D eigenvalue weighted by molar-refractivity contribution is 5.86. The third-order valence-electron chi connectivity index (χ3n) is 3.98. The van der Waals surface area contributed by atoms with Crippen LogP contribution in [0.1, 0.15) is 12.6 Å². The van der Waals surface area contributed by atoms with Crippen LogP contribution in [0.25, 0.3) is 16.8 Å². The van der Waals surface area contributed by atoms with E-state index in [1.165, 1.54) is 0 Å². The molecule has 2 rings (SSSR count). The summed E-state index contributed by atoms with van der Waals surface area (Å²) in [5.74, 6) is 0. The topological polar surface area (TPSA) is 39.3 Å². The van der Waals surface area contributed by atoms with Gasteiger partial charge >= 0.3 is 0 Å². The zero-order chi connectivity index (χ0) is 18.2. The maximum atomic E-state index is 12.4. The summed E-state index contributed by atoms with van der Waals surface area (Å²) >= 11 is 0. The predicted octanol–water partition coefficient (Wildman–Crippen LogP) is 3.67. The Hall–Kier alpha value is -2.59. The number of anilines is 1. The summed E-state index contributed by atoms with van der Waals surface area (Å²) in [6, 6.07) is 8.04. The van der Waals surface area contributed by atoms with E-state index in [2.05, 4.69) is 34.9 Å². The molecule has 0 unspecified atom stereocenters. The zero-order valence-corrected chi connectivity index (χ0v) is 15.5. The summed E-state index contributed by atoms with van der Waals surface area (Å²) in [6.07, 6.45) is 11.6. The highest BCUT2D eigenvalue weighted by Crippen LogP contribution is 2.19. The van der Waals surface area contributed by atoms with Gasteiger partial charge in [0.1, 0.15) is 0 Å². The van der Waals surface area contributed by atoms with Crippen molar-refractivity contribution in [2.75, 3.05) is 39.1 Å². The van der Waals surface area contributed by atoms with Crippen molar-refractivity contribution in [3.8, 4) is 0 Å². The summed E-state index contributed by atoms with van der Waals surface area (Å²) < 4.78 is 0. The van der Waals surface area contributed by atoms with Gasteiger partial charge in [-0.15, -0.1) is 0 Å². The number of H-pyrrole nitrogens is 1. The molecule has 2 aromatic rings. The molecule has 0 aliphatic heterocycles. The molecule has 0 atom stereocenters. The molecular formula is C21H27N3O. The van der Waals surface area contributed by atoms with Crippen LogP contribution in [0.2, 0.25) is 0 Å². The zero-order valence-electron chi connectivity index (χ0n) is 15.5. The summed E-state index contributed by atoms with van der Waals surface area (Å²) in [4.78, 5) is 19.7. The molecule has 0 radical (unpaired) electrons. The molecule has 1 aromatic carbocycles. The van der Waals surface area contributed by atoms with Crippen LogP contribution in [0.5, 0.6) is 0 Å². The van der Waals surface area contributed by atoms with Crippen molar-refractivity contribution < 1.29 is 0 Å². The second-order valence-corrected chi connectivity index (χ2v) is 6.32. The molecule has 1 aromatic heterocycles. The van der Waals surface area contributed by atoms with Gasteiger partial charge in [0.05, 0.1) is 0 Å². The molecule has 0 saturated carbocycles. The largest absolute Gasteiger partial charge is 0.373 e. The first-order valence-corrected chi connectivity index (χ1v) is 8.50. The average Bonchev–Trinajstić information content (AvgIpc) is 2.59. The van der Waals surface area contributed by atoms with E-state index in [1.807, 2.05) is 68.6 Å². The maximum Gasteiger partial charge on any atom is 0.256 e. The van der Waals surface area contributed by atoms with Crippen LogP contribution in [-0.2, 0) is 0 Å². The quantitative estimate of drug-likeness (QED) is 0.784. The molecule has 4 heteroatoms. The second kappa shape index (κ2) is 9.04. The van der Waals surface area contributed by atoms with E-state index in [0.717, 1.165) is 35.2 Å². The second-order valence-electron chi connectivity index (χ2n) is 6.32. The van der Waals surface area contributed by atoms with Gasteiger partial charge in [-0.25, -0.2) is 0 Å². The third kappa shape index (κ3) is 5.47. The molecule has 0 fully saturated rings. The van der Waals surface area contributed by atoms with Gasteiger partial charge in [0.25, 0.3) is 5.56 Å². The number of aromatic nitrogens is 1. The maximum absolute atomic E-state index is 12.4. The number of nitrogens with one attached hydrogen (secondary N) is 1. The van der Waals surface area contributed by atoms with E-state index in [0.29, 0.717) is 0 Å². The van der Waals surface area contributed by atoms with Crippen molar-refractivity contribution in [2.24, 2.45) is 0 Å². The van der Waals surface area contributed by atoms with E-state index in [-0.39, 0.29) is 5.56 Å². The van der Waals surface area contributed by atoms with Crippen molar-refractivity contribution in [3.05, 3.63) is 70.7 Å². The summed E-state index contributed by atoms with van der Waals surface area (Å²) in [5, 5.41) is 1.67. The van der Waals surface area contributed by atoms with Gasteiger partial charge in [-0.1, -0.05) is 36.4 Å². The molecule has 0 aliphatic rings. The van der Waals surface area contributed by atoms with Crippen LogP contribution in [0, 0.1) is 0 Å². The van der Waals surface area contributed by atoms with Crippen molar-refractivity contribution in [3.63, 3.8) is 0 Å². The summed E-state index contributed by atoms with van der Waals surface area (Å²) in [5.41, 5.74) is 1.80. The number of hydrogen-bond donors (Lipinski definition) is 1. The van der Waals surface area contributed by atoms with E-state index in [1.54, 1.807) is 0 Å². The minimum absolute atomic E-state index is 0.0579. The molecule has 0 saturated heterocycles. The van der Waals surface area contributed by atoms with Crippen LogP contribution in [0.15, 0.2) is 59.4 Å². The lowest BCUT2D eigenvalue weighted by Gasteiger charge is -2.21. The van der Waals surface area contributed by atoms with E-state index in [4.69, 9.17) is 0 Å². The Morgan fingerprint density at radius 2 is 1.76 bits per heavy atom. The number of rotatable bonds is 7. The summed E-state index contributed by atoms with van der Waals surface area (Å²) in [6.45, 7) is 3.85. The fourth-order valence-electron chi connectivity index (χ4n) is 2.47. The molecule has 0 amide bonds. The van der Waals surface area contributed by atoms with Crippen LogP contribution in [0.3, 0.4) is 0 Å². The lowest BCUT2D eigenvalue weighted by atomic mass is 10.1. The number of hydrogen-bond acceptors (Lipinski definition) is 3. The molecule has 0 aliphatic carbocycles. The highest BCUT2D eigenvalue weighted by atomic mass is 16.1. The van der Waals surface area contributed by atoms with Gasteiger partial charge in [0.15, 0.2) is 0 Å². The fourth-order valence-corrected chi connectivity index (χ4v) is 2.47. The Labute approximate surface area is 149 Å². The molecule has 1 heterocycles. The van der Waals surface area contributed by atoms with Crippen molar-refractivity contribution in [1.82, 2.24) is 9.88 Å². The third-order valence-corrected chi connectivity index (χ3v) is 3.98. The van der Waals surface area contributed by atoms with Gasteiger partial charge in [-0.05, 0) is 50.7 Å². The minimum atomic E-state index is -0.0579. The number of fused-ring (bicyclic) bond motifs is 1. The van der Waals surface area contributed by atoms with E-state index >= 15 is 0 Å². The molecule has 132 valence electrons. The lowest BCUT2D eigenvalue weighted by Crippen LogP contribution is -2.28. The van der Waals surface area contributed by atoms with Gasteiger partial charge in [0.2, 0.25) is 0 Å². The van der Waals surface area contributed by atoms with Crippen LogP contribution >= 0.6 is 0 Å². The number of nitrogens with zero attached hydrogens (tertiary/aromatic N) is 2. The highest BCUT2D eigenvalue weighted by Gasteiger charge is 2.06. The Morgan fingerprint density at radius 1 is 1.00 bits per heavy atom. The van der Waals surface area contributed by atoms with Crippen molar-refractivity contribution in [1.29, 1.82) is 0 Å². The van der Waals surface area contributed by atoms with Crippen LogP contribution in [-0.4, -0.2) is 44.1 Å². The number of likely N-dealkylation sites (N-methyl/N-ethyl adjacent to an activating group) is 2. The van der Waals surface area contributed by atoms with E-state index in [9.17, 15) is 4.79 Å². The molecular weight excluding hydrogens is 310 g/mol. The minimum Gasteiger partial charge on any atom is -0.373 e. The standard InChI is InChI=1S/C21H27N3O/c1-5-6-7-8-9-10-18-15-17-11-12-19(16-20(17)21(25)22-18)24(4)14-13-23(2)3/h5-12,15-16H,13-14H2,1-4H3,(H,22,25)/b6-5-,8-7-,10-9+. The van der Waals surface area contributed by atoms with Crippen LogP contribution in [0.4, 0.5) is 5.69 Å². The van der Waals surface area contributed by atoms with Gasteiger partial charge in [-0.2, -0.15) is 0 Å². The van der Waals surface area contributed by atoms with Gasteiger partial charge in [0, 0.05) is 36.9 Å². The Morgan fingerprint density at radius 3 is 2.48 bits per heavy atom. The smallest absolute Gasteiger partial charge is 0.256 e. The number of pyridine rings is 1. The van der Waals surface area contributed by atoms with Gasteiger partial charge in [-0.3, -0.25) is 4.79 Å². The average molecular weight is 337 g/mol. The molecule has 0 bridgehead atoms. The fraction of sp³-hybridized carbons (Fsp3) is 0.286. The van der Waals surface area contributed by atoms with Crippen molar-refractivity contribution in [2.45, 2.75) is 6.92 Å². The predicted molar refractivity (Wildman–Crippen MR) is 109 cm³/mol. The first-order chi connectivity index (χ1) is 12.0. The lowest BCUT2D eigenvalue weighted by molar-refractivity contribution is 0.416. The number of allylic oxidation sites excluding steroid dienone is 5. The SMILES string of the molecule is C\C=C/C=C\C=C\c1cc2ccc(N(C)CCN(C)C)cc2c(=O)[nH]1. The molecule has 1 N–H and O–H groups in total. The number of aromatic amines is 1. The normalized spacial score (nSPS) is 12.4. The van der Waals surface area contributed by atoms with E-state index < -0.39 is 0 Å². The first kappa shape index (κ1) is 18.7. The Balaban J connectivity index is 2.25. The molecule has 25 heavy (non-hydrogen) atoms. The van der Waals surface area contributed by atoms with Crippen LogP contribution < -0.4 is 10.5 Å². The van der Waals surface area contributed by atoms with Crippen molar-refractivity contribution >= 4 is 22.5 Å².